The van der Waals surface area contributed by atoms with Crippen LogP contribution in [0.15, 0.2) is 10.6 Å². The second-order valence-electron chi connectivity index (χ2n) is 3.31. The molecule has 1 saturated heterocycles. The fraction of sp³-hybridized carbons (Fsp3) is 0.667. The van der Waals surface area contributed by atoms with E-state index >= 15 is 0 Å². The summed E-state index contributed by atoms with van der Waals surface area (Å²) < 4.78 is 0. The van der Waals surface area contributed by atoms with Crippen molar-refractivity contribution in [1.29, 1.82) is 0 Å². The standard InChI is InChI=1S/C9H13Cl2NO/c10-5-9(11)6-12-3-1-8(7-13)2-4-12/h5,7-8H,1-4,6H2. The van der Waals surface area contributed by atoms with Crippen LogP contribution in [0.25, 0.3) is 0 Å². The Hall–Kier alpha value is -0.0500. The lowest BCUT2D eigenvalue weighted by Gasteiger charge is -2.28. The molecule has 0 radical (unpaired) electrons. The van der Waals surface area contributed by atoms with Gasteiger partial charge in [-0.05, 0) is 25.9 Å². The molecule has 1 rings (SSSR count). The second kappa shape index (κ2) is 5.63. The van der Waals surface area contributed by atoms with Gasteiger partial charge in [-0.2, -0.15) is 0 Å². The number of carbonyl (C=O) groups is 1. The van der Waals surface area contributed by atoms with Gasteiger partial charge in [0.05, 0.1) is 0 Å². The molecule has 0 spiro atoms. The monoisotopic (exact) mass is 221 g/mol. The Morgan fingerprint density at radius 3 is 2.54 bits per heavy atom. The van der Waals surface area contributed by atoms with Gasteiger partial charge in [-0.25, -0.2) is 0 Å². The van der Waals surface area contributed by atoms with Gasteiger partial charge in [-0.1, -0.05) is 23.2 Å². The summed E-state index contributed by atoms with van der Waals surface area (Å²) >= 11 is 11.2. The molecule has 1 aliphatic heterocycles. The lowest BCUT2D eigenvalue weighted by atomic mass is 9.99. The minimum atomic E-state index is 0.245. The predicted molar refractivity (Wildman–Crippen MR) is 55.0 cm³/mol. The molecule has 0 saturated carbocycles. The average Bonchev–Trinajstić information content (AvgIpc) is 2.19. The fourth-order valence-electron chi connectivity index (χ4n) is 1.50. The van der Waals surface area contributed by atoms with Gasteiger partial charge in [-0.15, -0.1) is 0 Å². The van der Waals surface area contributed by atoms with E-state index in [0.29, 0.717) is 11.6 Å². The first-order chi connectivity index (χ1) is 6.26. The van der Waals surface area contributed by atoms with E-state index in [1.807, 2.05) is 0 Å². The fourth-order valence-corrected chi connectivity index (χ4v) is 1.73. The first-order valence-electron chi connectivity index (χ1n) is 4.38. The van der Waals surface area contributed by atoms with Crippen LogP contribution in [0.3, 0.4) is 0 Å². The van der Waals surface area contributed by atoms with Gasteiger partial charge < -0.3 is 4.79 Å². The Morgan fingerprint density at radius 1 is 1.46 bits per heavy atom. The van der Waals surface area contributed by atoms with Crippen LogP contribution in [0.5, 0.6) is 0 Å². The number of hydrogen-bond donors (Lipinski definition) is 0. The molecule has 74 valence electrons. The lowest BCUT2D eigenvalue weighted by molar-refractivity contribution is -0.112. The molecule has 1 heterocycles. The van der Waals surface area contributed by atoms with Crippen molar-refractivity contribution in [3.8, 4) is 0 Å². The van der Waals surface area contributed by atoms with Crippen molar-refractivity contribution in [3.05, 3.63) is 10.6 Å². The first-order valence-corrected chi connectivity index (χ1v) is 5.20. The van der Waals surface area contributed by atoms with Gasteiger partial charge in [0.25, 0.3) is 0 Å². The van der Waals surface area contributed by atoms with Crippen LogP contribution in [0.4, 0.5) is 0 Å². The molecule has 0 aromatic heterocycles. The van der Waals surface area contributed by atoms with E-state index in [0.717, 1.165) is 32.2 Å². The van der Waals surface area contributed by atoms with Crippen molar-refractivity contribution in [2.45, 2.75) is 12.8 Å². The number of halogens is 2. The highest BCUT2D eigenvalue weighted by atomic mass is 35.5. The Balaban J connectivity index is 2.29. The molecule has 0 bridgehead atoms. The SMILES string of the molecule is O=CC1CCN(CC(Cl)=CCl)CC1. The van der Waals surface area contributed by atoms with Gasteiger partial charge in [0.2, 0.25) is 0 Å². The Bertz CT molecular complexity index is 198. The summed E-state index contributed by atoms with van der Waals surface area (Å²) in [5, 5.41) is 0.659. The van der Waals surface area contributed by atoms with Gasteiger partial charge in [0.1, 0.15) is 6.29 Å². The third kappa shape index (κ3) is 3.67. The maximum Gasteiger partial charge on any atom is 0.123 e. The molecular formula is C9H13Cl2NO. The maximum absolute atomic E-state index is 10.5. The molecule has 0 amide bonds. The smallest absolute Gasteiger partial charge is 0.123 e. The summed E-state index contributed by atoms with van der Waals surface area (Å²) in [5.41, 5.74) is 1.40. The molecule has 0 aromatic rings. The average molecular weight is 222 g/mol. The normalized spacial score (nSPS) is 21.8. The summed E-state index contributed by atoms with van der Waals surface area (Å²) in [6.07, 6.45) is 2.93. The van der Waals surface area contributed by atoms with Crippen LogP contribution in [0.2, 0.25) is 0 Å². The minimum Gasteiger partial charge on any atom is -0.303 e. The quantitative estimate of drug-likeness (QED) is 0.682. The molecule has 13 heavy (non-hydrogen) atoms. The van der Waals surface area contributed by atoms with E-state index < -0.39 is 0 Å². The number of hydrogen-bond acceptors (Lipinski definition) is 2. The van der Waals surface area contributed by atoms with Crippen LogP contribution in [-0.2, 0) is 4.79 Å². The zero-order chi connectivity index (χ0) is 9.68. The van der Waals surface area contributed by atoms with Crippen molar-refractivity contribution >= 4 is 29.5 Å². The first kappa shape index (κ1) is 11.0. The third-order valence-electron chi connectivity index (χ3n) is 2.32. The Kier molecular flexibility index (Phi) is 4.78. The molecule has 0 N–H and O–H groups in total. The number of rotatable bonds is 3. The number of nitrogens with zero attached hydrogens (tertiary/aromatic N) is 1. The lowest BCUT2D eigenvalue weighted by Crippen LogP contribution is -2.34. The number of aldehydes is 1. The predicted octanol–water partition coefficient (Wildman–Crippen LogP) is 2.22. The van der Waals surface area contributed by atoms with Crippen LogP contribution in [0.1, 0.15) is 12.8 Å². The second-order valence-corrected chi connectivity index (χ2v) is 4.01. The van der Waals surface area contributed by atoms with E-state index in [9.17, 15) is 4.79 Å². The summed E-state index contributed by atoms with van der Waals surface area (Å²) in [5.74, 6) is 0.245. The molecule has 0 atom stereocenters. The zero-order valence-electron chi connectivity index (χ0n) is 7.38. The summed E-state index contributed by atoms with van der Waals surface area (Å²) in [4.78, 5) is 12.7. The van der Waals surface area contributed by atoms with E-state index in [1.54, 1.807) is 0 Å². The molecule has 2 nitrogen and oxygen atoms in total. The minimum absolute atomic E-state index is 0.245. The van der Waals surface area contributed by atoms with Gasteiger partial charge in [0, 0.05) is 23.0 Å². The van der Waals surface area contributed by atoms with Crippen molar-refractivity contribution in [2.24, 2.45) is 5.92 Å². The van der Waals surface area contributed by atoms with E-state index in [-0.39, 0.29) is 5.92 Å². The molecule has 4 heteroatoms. The van der Waals surface area contributed by atoms with E-state index in [4.69, 9.17) is 23.2 Å². The van der Waals surface area contributed by atoms with Crippen LogP contribution < -0.4 is 0 Å². The summed E-state index contributed by atoms with van der Waals surface area (Å²) in [6, 6.07) is 0. The highest BCUT2D eigenvalue weighted by molar-refractivity contribution is 6.36. The van der Waals surface area contributed by atoms with Crippen molar-refractivity contribution < 1.29 is 4.79 Å². The number of likely N-dealkylation sites (tertiary alicyclic amines) is 1. The van der Waals surface area contributed by atoms with Crippen LogP contribution in [-0.4, -0.2) is 30.8 Å². The molecule has 1 aliphatic rings. The highest BCUT2D eigenvalue weighted by Crippen LogP contribution is 2.17. The number of piperidine rings is 1. The van der Waals surface area contributed by atoms with Gasteiger partial charge in [0.15, 0.2) is 0 Å². The Labute approximate surface area is 88.5 Å². The third-order valence-corrected chi connectivity index (χ3v) is 2.92. The highest BCUT2D eigenvalue weighted by Gasteiger charge is 2.18. The van der Waals surface area contributed by atoms with Crippen molar-refractivity contribution in [3.63, 3.8) is 0 Å². The molecule has 1 fully saturated rings. The maximum atomic E-state index is 10.5. The summed E-state index contributed by atoms with van der Waals surface area (Å²) in [7, 11) is 0. The molecular weight excluding hydrogens is 209 g/mol. The number of carbonyl (C=O) groups excluding carboxylic acids is 1. The summed E-state index contributed by atoms with van der Waals surface area (Å²) in [6.45, 7) is 2.57. The molecule has 0 aliphatic carbocycles. The topological polar surface area (TPSA) is 20.3 Å². The van der Waals surface area contributed by atoms with Gasteiger partial charge in [-0.3, -0.25) is 4.90 Å². The van der Waals surface area contributed by atoms with Crippen LogP contribution >= 0.6 is 23.2 Å². The zero-order valence-corrected chi connectivity index (χ0v) is 8.89. The van der Waals surface area contributed by atoms with Crippen LogP contribution in [0, 0.1) is 5.92 Å². The van der Waals surface area contributed by atoms with Crippen molar-refractivity contribution in [2.75, 3.05) is 19.6 Å². The molecule has 0 aromatic carbocycles. The van der Waals surface area contributed by atoms with E-state index in [1.165, 1.54) is 5.54 Å². The Morgan fingerprint density at radius 2 is 2.08 bits per heavy atom. The largest absolute Gasteiger partial charge is 0.303 e. The van der Waals surface area contributed by atoms with Crippen molar-refractivity contribution in [1.82, 2.24) is 4.90 Å². The van der Waals surface area contributed by atoms with Gasteiger partial charge >= 0.3 is 0 Å². The van der Waals surface area contributed by atoms with E-state index in [2.05, 4.69) is 4.90 Å². The molecule has 0 unspecified atom stereocenters.